The molecule has 0 saturated heterocycles. The van der Waals surface area contributed by atoms with Crippen LogP contribution in [0.1, 0.15) is 56.1 Å². The lowest BCUT2D eigenvalue weighted by atomic mass is 9.98. The van der Waals surface area contributed by atoms with Gasteiger partial charge in [-0.1, -0.05) is 68.3 Å². The highest BCUT2D eigenvalue weighted by atomic mass is 16.6. The fraction of sp³-hybridized carbons (Fsp3) is 0.667. The molecule has 0 atom stereocenters. The Morgan fingerprint density at radius 1 is 0.482 bits per heavy atom. The van der Waals surface area contributed by atoms with Crippen LogP contribution < -0.4 is 5.32 Å². The SMILES string of the molecule is CCCCCC(=O)OCCOCCOCCOCCOCCOCCOCCOCCOCCOCCCNC(=O)OCC1c2ccccc2-c2ccccc21. The highest BCUT2D eigenvalue weighted by molar-refractivity contribution is 5.79. The van der Waals surface area contributed by atoms with Crippen LogP contribution in [-0.4, -0.2) is 151 Å². The summed E-state index contributed by atoms with van der Waals surface area (Å²) in [6.07, 6.45) is 3.74. The van der Waals surface area contributed by atoms with Crippen molar-refractivity contribution in [2.24, 2.45) is 0 Å². The molecule has 0 heterocycles. The van der Waals surface area contributed by atoms with Gasteiger partial charge in [-0.3, -0.25) is 4.79 Å². The van der Waals surface area contributed by atoms with Gasteiger partial charge in [-0.25, -0.2) is 4.79 Å². The number of ether oxygens (including phenoxy) is 11. The van der Waals surface area contributed by atoms with Crippen LogP contribution in [0.5, 0.6) is 0 Å². The quantitative estimate of drug-likeness (QED) is 0.0708. The van der Waals surface area contributed by atoms with Gasteiger partial charge in [-0.15, -0.1) is 0 Å². The van der Waals surface area contributed by atoms with Gasteiger partial charge in [-0.2, -0.15) is 0 Å². The highest BCUT2D eigenvalue weighted by Gasteiger charge is 2.28. The Balaban J connectivity index is 0.944. The Bertz CT molecular complexity index is 1240. The number of hydrogen-bond acceptors (Lipinski definition) is 13. The summed E-state index contributed by atoms with van der Waals surface area (Å²) in [4.78, 5) is 23.8. The second-order valence-electron chi connectivity index (χ2n) is 12.8. The van der Waals surface area contributed by atoms with E-state index in [9.17, 15) is 9.59 Å². The van der Waals surface area contributed by atoms with E-state index in [-0.39, 0.29) is 18.5 Å². The maximum absolute atomic E-state index is 12.3. The van der Waals surface area contributed by atoms with Gasteiger partial charge in [0.1, 0.15) is 13.2 Å². The fourth-order valence-electron chi connectivity index (χ4n) is 5.68. The van der Waals surface area contributed by atoms with Gasteiger partial charge in [0.25, 0.3) is 0 Å². The summed E-state index contributed by atoms with van der Waals surface area (Å²) in [5.74, 6) is -0.116. The Labute approximate surface area is 333 Å². The fourth-order valence-corrected chi connectivity index (χ4v) is 5.68. The zero-order valence-electron chi connectivity index (χ0n) is 33.4. The first-order valence-corrected chi connectivity index (χ1v) is 20.1. The third kappa shape index (κ3) is 21.9. The minimum atomic E-state index is -0.417. The molecule has 1 aliphatic rings. The van der Waals surface area contributed by atoms with E-state index in [0.29, 0.717) is 145 Å². The molecule has 0 aliphatic heterocycles. The monoisotopic (exact) mass is 791 g/mol. The number of nitrogens with one attached hydrogen (secondary N) is 1. The molecular formula is C42H65NO13. The normalized spacial score (nSPS) is 12.1. The number of hydrogen-bond donors (Lipinski definition) is 1. The predicted octanol–water partition coefficient (Wildman–Crippen LogP) is 5.19. The molecule has 0 spiro atoms. The summed E-state index contributed by atoms with van der Waals surface area (Å²) < 4.78 is 60.1. The van der Waals surface area contributed by atoms with E-state index in [1.165, 1.54) is 22.3 Å². The van der Waals surface area contributed by atoms with Crippen molar-refractivity contribution < 1.29 is 61.7 Å². The molecule has 2 aromatic rings. The minimum Gasteiger partial charge on any atom is -0.463 e. The molecule has 0 saturated carbocycles. The van der Waals surface area contributed by atoms with Crippen molar-refractivity contribution in [3.8, 4) is 11.1 Å². The summed E-state index contributed by atoms with van der Waals surface area (Å²) in [6.45, 7) is 11.7. The number of rotatable bonds is 37. The van der Waals surface area contributed by atoms with Crippen LogP contribution in [0.15, 0.2) is 48.5 Å². The van der Waals surface area contributed by atoms with E-state index in [1.54, 1.807) is 0 Å². The lowest BCUT2D eigenvalue weighted by molar-refractivity contribution is -0.145. The van der Waals surface area contributed by atoms with Crippen molar-refractivity contribution in [3.05, 3.63) is 59.7 Å². The number of unbranched alkanes of at least 4 members (excludes halogenated alkanes) is 2. The van der Waals surface area contributed by atoms with E-state index in [2.05, 4.69) is 36.5 Å². The molecule has 14 heteroatoms. The highest BCUT2D eigenvalue weighted by Crippen LogP contribution is 2.44. The van der Waals surface area contributed by atoms with Gasteiger partial charge in [0, 0.05) is 25.5 Å². The summed E-state index contributed by atoms with van der Waals surface area (Å²) in [7, 11) is 0. The van der Waals surface area contributed by atoms with Crippen LogP contribution in [0, 0.1) is 0 Å². The second kappa shape index (κ2) is 32.9. The van der Waals surface area contributed by atoms with Crippen LogP contribution in [0.4, 0.5) is 4.79 Å². The van der Waals surface area contributed by atoms with E-state index >= 15 is 0 Å². The summed E-state index contributed by atoms with van der Waals surface area (Å²) in [5.41, 5.74) is 4.80. The van der Waals surface area contributed by atoms with Gasteiger partial charge < -0.3 is 57.4 Å². The van der Waals surface area contributed by atoms with E-state index in [0.717, 1.165) is 19.3 Å². The smallest absolute Gasteiger partial charge is 0.407 e. The van der Waals surface area contributed by atoms with Gasteiger partial charge >= 0.3 is 12.1 Å². The largest absolute Gasteiger partial charge is 0.463 e. The van der Waals surface area contributed by atoms with Gasteiger partial charge in [0.05, 0.1) is 112 Å². The first kappa shape index (κ1) is 47.2. The summed E-state index contributed by atoms with van der Waals surface area (Å²) in [6, 6.07) is 16.6. The zero-order chi connectivity index (χ0) is 39.6. The standard InChI is InChI=1S/C42H65NO13/c1-2-3-4-14-41(44)55-34-33-54-32-31-53-30-29-52-28-27-51-26-25-50-24-23-49-22-21-48-20-19-47-18-17-46-16-9-15-43-42(45)56-35-40-38-12-7-5-10-36(38)37-11-6-8-13-39(37)40/h5-8,10-13,40H,2-4,9,14-35H2,1H3,(H,43,45). The van der Waals surface area contributed by atoms with E-state index in [4.69, 9.17) is 52.1 Å². The van der Waals surface area contributed by atoms with Crippen LogP contribution >= 0.6 is 0 Å². The minimum absolute atomic E-state index is 0.0472. The topological polar surface area (TPSA) is 148 Å². The van der Waals surface area contributed by atoms with E-state index in [1.807, 2.05) is 24.3 Å². The Morgan fingerprint density at radius 3 is 1.30 bits per heavy atom. The van der Waals surface area contributed by atoms with Gasteiger partial charge in [0.15, 0.2) is 0 Å². The van der Waals surface area contributed by atoms with Gasteiger partial charge in [-0.05, 0) is 35.1 Å². The predicted molar refractivity (Wildman–Crippen MR) is 210 cm³/mol. The van der Waals surface area contributed by atoms with E-state index < -0.39 is 6.09 Å². The molecule has 1 aliphatic carbocycles. The lowest BCUT2D eigenvalue weighted by Crippen LogP contribution is -2.27. The molecule has 56 heavy (non-hydrogen) atoms. The van der Waals surface area contributed by atoms with Crippen LogP contribution in [0.25, 0.3) is 11.1 Å². The Hall–Kier alpha value is -3.18. The molecule has 316 valence electrons. The maximum atomic E-state index is 12.3. The molecule has 1 amide bonds. The second-order valence-corrected chi connectivity index (χ2v) is 12.8. The molecule has 2 aromatic carbocycles. The number of benzene rings is 2. The molecule has 0 bridgehead atoms. The summed E-state index contributed by atoms with van der Waals surface area (Å²) in [5, 5.41) is 2.80. The lowest BCUT2D eigenvalue weighted by Gasteiger charge is -2.14. The number of amides is 1. The summed E-state index contributed by atoms with van der Waals surface area (Å²) >= 11 is 0. The Kier molecular flexibility index (Phi) is 27.7. The molecule has 3 rings (SSSR count). The molecular weight excluding hydrogens is 726 g/mol. The number of alkyl carbamates (subject to hydrolysis) is 1. The number of esters is 1. The van der Waals surface area contributed by atoms with Crippen molar-refractivity contribution in [3.63, 3.8) is 0 Å². The number of carbonyl (C=O) groups is 2. The first-order valence-electron chi connectivity index (χ1n) is 20.1. The Morgan fingerprint density at radius 2 is 0.875 bits per heavy atom. The molecule has 0 radical (unpaired) electrons. The van der Waals surface area contributed by atoms with Crippen molar-refractivity contribution >= 4 is 12.1 Å². The third-order valence-electron chi connectivity index (χ3n) is 8.53. The van der Waals surface area contributed by atoms with Crippen LogP contribution in [-0.2, 0) is 56.9 Å². The van der Waals surface area contributed by atoms with Crippen LogP contribution in [0.3, 0.4) is 0 Å². The van der Waals surface area contributed by atoms with Crippen molar-refractivity contribution in [1.82, 2.24) is 5.32 Å². The van der Waals surface area contributed by atoms with Crippen molar-refractivity contribution in [2.75, 3.05) is 139 Å². The molecule has 0 fully saturated rings. The van der Waals surface area contributed by atoms with Gasteiger partial charge in [0.2, 0.25) is 0 Å². The zero-order valence-corrected chi connectivity index (χ0v) is 33.4. The van der Waals surface area contributed by atoms with Crippen molar-refractivity contribution in [1.29, 1.82) is 0 Å². The van der Waals surface area contributed by atoms with Crippen LogP contribution in [0.2, 0.25) is 0 Å². The number of carbonyl (C=O) groups excluding carboxylic acids is 2. The molecule has 0 aromatic heterocycles. The molecule has 1 N–H and O–H groups in total. The number of fused-ring (bicyclic) bond motifs is 3. The average molecular weight is 792 g/mol. The third-order valence-corrected chi connectivity index (χ3v) is 8.53. The first-order chi connectivity index (χ1) is 27.7. The molecule has 0 unspecified atom stereocenters. The average Bonchev–Trinajstić information content (AvgIpc) is 3.54. The van der Waals surface area contributed by atoms with Crippen molar-refractivity contribution in [2.45, 2.75) is 44.9 Å². The maximum Gasteiger partial charge on any atom is 0.407 e. The molecule has 14 nitrogen and oxygen atoms in total.